The minimum absolute atomic E-state index is 0.607. The van der Waals surface area contributed by atoms with Gasteiger partial charge >= 0.3 is 6.97 Å². The first kappa shape index (κ1) is 20.1. The van der Waals surface area contributed by atoms with Crippen LogP contribution in [0.25, 0.3) is 5.57 Å². The van der Waals surface area contributed by atoms with Gasteiger partial charge in [-0.25, -0.2) is 0 Å². The molecule has 3 heterocycles. The monoisotopic (exact) mass is 606 g/mol. The van der Waals surface area contributed by atoms with Crippen molar-refractivity contribution in [3.8, 4) is 5.75 Å². The summed E-state index contributed by atoms with van der Waals surface area (Å²) in [5, 5.41) is 0. The highest BCUT2D eigenvalue weighted by Crippen LogP contribution is 2.47. The molecule has 2 aromatic rings. The third kappa shape index (κ3) is 2.52. The summed E-state index contributed by atoms with van der Waals surface area (Å²) in [6.07, 6.45) is 0. The Bertz CT molecular complexity index is 1130. The van der Waals surface area contributed by atoms with Gasteiger partial charge in [0.2, 0.25) is 0 Å². The van der Waals surface area contributed by atoms with Crippen molar-refractivity contribution < 1.29 is 17.9 Å². The van der Waals surface area contributed by atoms with Crippen LogP contribution in [-0.4, -0.2) is 28.8 Å². The summed E-state index contributed by atoms with van der Waals surface area (Å²) in [5.41, 5.74) is 5.98. The number of methoxy groups -OCH3 is 1. The molecule has 3 nitrogen and oxygen atoms in total. The van der Waals surface area contributed by atoms with E-state index in [1.54, 1.807) is 21.0 Å². The lowest BCUT2D eigenvalue weighted by molar-refractivity contribution is -0.363. The van der Waals surface area contributed by atoms with E-state index < -0.39 is 6.97 Å². The van der Waals surface area contributed by atoms with Gasteiger partial charge in [0, 0.05) is 21.8 Å². The van der Waals surface area contributed by atoms with Gasteiger partial charge in [0.1, 0.15) is 11.5 Å². The van der Waals surface area contributed by atoms with Crippen LogP contribution in [0, 0.1) is 17.4 Å². The van der Waals surface area contributed by atoms with E-state index >= 15 is 8.63 Å². The van der Waals surface area contributed by atoms with Gasteiger partial charge < -0.3 is 22.3 Å². The average molecular weight is 606 g/mol. The van der Waals surface area contributed by atoms with Gasteiger partial charge in [0.05, 0.1) is 16.3 Å². The van der Waals surface area contributed by atoms with Gasteiger partial charge in [-0.1, -0.05) is 12.1 Å². The first-order valence-corrected chi connectivity index (χ1v) is 11.1. The molecule has 0 unspecified atom stereocenters. The molecule has 146 valence electrons. The van der Waals surface area contributed by atoms with Gasteiger partial charge in [-0.2, -0.15) is 0 Å². The number of fused-ring (bicyclic) bond motifs is 2. The first-order valence-electron chi connectivity index (χ1n) is 8.91. The molecule has 0 aliphatic carbocycles. The molecule has 0 fully saturated rings. The molecule has 1 aromatic carbocycles. The molecular weight excluding hydrogens is 587 g/mol. The van der Waals surface area contributed by atoms with E-state index in [1.807, 2.05) is 38.1 Å². The number of ether oxygens (including phenoxy) is 1. The molecule has 8 heteroatoms. The molecule has 1 aromatic heterocycles. The Kier molecular flexibility index (Phi) is 4.80. The number of halogens is 4. The van der Waals surface area contributed by atoms with Crippen LogP contribution in [0.15, 0.2) is 39.1 Å². The maximum absolute atomic E-state index is 15.9. The summed E-state index contributed by atoms with van der Waals surface area (Å²) < 4.78 is 41.3. The lowest BCUT2D eigenvalue weighted by Crippen LogP contribution is -2.51. The summed E-state index contributed by atoms with van der Waals surface area (Å²) in [4.78, 5) is 0. The summed E-state index contributed by atoms with van der Waals surface area (Å²) in [5.74, 6) is 0.741. The van der Waals surface area contributed by atoms with Crippen molar-refractivity contribution in [3.63, 3.8) is 0 Å². The number of aromatic nitrogens is 1. The fourth-order valence-corrected chi connectivity index (χ4v) is 5.34. The van der Waals surface area contributed by atoms with Crippen LogP contribution in [0.4, 0.5) is 8.63 Å². The molecule has 0 saturated carbocycles. The lowest BCUT2D eigenvalue weighted by atomic mass is 9.84. The van der Waals surface area contributed by atoms with Gasteiger partial charge in [-0.3, -0.25) is 0 Å². The molecule has 2 aliphatic rings. The fraction of sp³-hybridized carbons (Fsp3) is 0.250. The maximum Gasteiger partial charge on any atom is 0.737 e. The zero-order valence-corrected chi connectivity index (χ0v) is 20.5. The van der Waals surface area contributed by atoms with Gasteiger partial charge in [0.15, 0.2) is 5.70 Å². The highest BCUT2D eigenvalue weighted by atomic mass is 127. The number of rotatable bonds is 2. The van der Waals surface area contributed by atoms with Crippen LogP contribution >= 0.6 is 45.2 Å². The van der Waals surface area contributed by atoms with Crippen molar-refractivity contribution >= 4 is 63.4 Å². The Morgan fingerprint density at radius 3 is 2.21 bits per heavy atom. The molecule has 0 amide bonds. The molecule has 28 heavy (non-hydrogen) atoms. The van der Waals surface area contributed by atoms with Crippen molar-refractivity contribution in [3.05, 3.63) is 65.2 Å². The van der Waals surface area contributed by atoms with Crippen LogP contribution in [0.2, 0.25) is 0 Å². The molecule has 4 rings (SSSR count). The van der Waals surface area contributed by atoms with Crippen LogP contribution in [-0.2, 0) is 0 Å². The second kappa shape index (κ2) is 6.68. The van der Waals surface area contributed by atoms with Crippen molar-refractivity contribution in [2.24, 2.45) is 0 Å². The smallest absolute Gasteiger partial charge is 0.497 e. The van der Waals surface area contributed by atoms with E-state index in [4.69, 9.17) is 4.74 Å². The largest absolute Gasteiger partial charge is 0.737 e. The predicted octanol–water partition coefficient (Wildman–Crippen LogP) is 5.91. The highest BCUT2D eigenvalue weighted by Gasteiger charge is 2.56. The number of nitrogens with zero attached hydrogens (tertiary/aromatic N) is 2. The second-order valence-electron chi connectivity index (χ2n) is 7.18. The van der Waals surface area contributed by atoms with Crippen molar-refractivity contribution in [1.82, 2.24) is 4.48 Å². The fourth-order valence-electron chi connectivity index (χ4n) is 4.31. The third-order valence-electron chi connectivity index (χ3n) is 5.68. The number of hydrogen-bond acceptors (Lipinski definition) is 1. The zero-order chi connectivity index (χ0) is 20.5. The minimum Gasteiger partial charge on any atom is -0.497 e. The van der Waals surface area contributed by atoms with Crippen LogP contribution in [0.1, 0.15) is 36.4 Å². The average Bonchev–Trinajstić information content (AvgIpc) is 3.04. The van der Waals surface area contributed by atoms with E-state index in [-0.39, 0.29) is 0 Å². The molecular formula is C20H19BF2I2N2O. The van der Waals surface area contributed by atoms with E-state index in [0.717, 1.165) is 35.2 Å². The minimum atomic E-state index is -3.97. The number of allylic oxidation sites excluding steroid dienone is 2. The van der Waals surface area contributed by atoms with Crippen LogP contribution in [0.3, 0.4) is 0 Å². The van der Waals surface area contributed by atoms with E-state index in [0.29, 0.717) is 22.8 Å². The molecule has 0 spiro atoms. The van der Waals surface area contributed by atoms with E-state index in [1.165, 1.54) is 8.96 Å². The van der Waals surface area contributed by atoms with Crippen molar-refractivity contribution in [1.29, 1.82) is 0 Å². The normalized spacial score (nSPS) is 18.0. The topological polar surface area (TPSA) is 17.2 Å². The van der Waals surface area contributed by atoms with E-state index in [9.17, 15) is 0 Å². The second-order valence-corrected chi connectivity index (χ2v) is 9.34. The Morgan fingerprint density at radius 1 is 1.04 bits per heavy atom. The molecule has 0 radical (unpaired) electrons. The number of hydrogen-bond donors (Lipinski definition) is 0. The molecule has 0 bridgehead atoms. The van der Waals surface area contributed by atoms with Crippen molar-refractivity contribution in [2.45, 2.75) is 27.7 Å². The molecule has 0 saturated heterocycles. The Hall–Kier alpha value is -1.17. The van der Waals surface area contributed by atoms with E-state index in [2.05, 4.69) is 45.2 Å². The third-order valence-corrected chi connectivity index (χ3v) is 8.86. The first-order chi connectivity index (χ1) is 13.1. The highest BCUT2D eigenvalue weighted by molar-refractivity contribution is 14.1. The molecule has 0 N–H and O–H groups in total. The Balaban J connectivity index is 2.18. The lowest BCUT2D eigenvalue weighted by Gasteiger charge is -2.33. The molecule has 2 aliphatic heterocycles. The Labute approximate surface area is 190 Å². The SMILES string of the molecule is COc1ccc(C2=C3C(C)=C(I)C(C)=[N+]3[B-](F)(F)n3c(C)c(I)c(C)c32)cc1. The predicted molar refractivity (Wildman–Crippen MR) is 127 cm³/mol. The quantitative estimate of drug-likeness (QED) is 0.307. The van der Waals surface area contributed by atoms with Gasteiger partial charge in [-0.15, -0.1) is 0 Å². The number of benzene rings is 1. The molecule has 0 atom stereocenters. The summed E-state index contributed by atoms with van der Waals surface area (Å²) >= 11 is 4.36. The van der Waals surface area contributed by atoms with Crippen LogP contribution in [0.5, 0.6) is 5.75 Å². The summed E-state index contributed by atoms with van der Waals surface area (Å²) in [6, 6.07) is 7.65. The standard InChI is InChI=1S/C20H19BF2I2N2O/c1-10-17(24)12(3)26-19(10)16(14-6-8-15(28-5)9-7-14)20-11(2)18(25)13(4)27(20)21(26,22)23/h6-9H,1-5H3. The Morgan fingerprint density at radius 2 is 1.64 bits per heavy atom. The summed E-state index contributed by atoms with van der Waals surface area (Å²) in [7, 11) is 1.62. The van der Waals surface area contributed by atoms with Crippen molar-refractivity contribution in [2.75, 3.05) is 7.11 Å². The van der Waals surface area contributed by atoms with Gasteiger partial charge in [0.25, 0.3) is 0 Å². The van der Waals surface area contributed by atoms with Crippen LogP contribution < -0.4 is 4.74 Å². The van der Waals surface area contributed by atoms with Gasteiger partial charge in [-0.05, 0) is 94.9 Å². The zero-order valence-electron chi connectivity index (χ0n) is 16.2. The maximum atomic E-state index is 15.9. The summed E-state index contributed by atoms with van der Waals surface area (Å²) in [6.45, 7) is 3.45.